The highest BCUT2D eigenvalue weighted by atomic mass is 16.6. The number of imide groups is 1. The molecule has 0 saturated carbocycles. The molecule has 3 aliphatic heterocycles. The zero-order valence-electron chi connectivity index (χ0n) is 20.6. The van der Waals surface area contributed by atoms with Gasteiger partial charge in [-0.3, -0.25) is 24.6 Å². The Morgan fingerprint density at radius 3 is 2.58 bits per heavy atom. The number of nitrogens with zero attached hydrogens (tertiary/aromatic N) is 2. The number of rotatable bonds is 4. The van der Waals surface area contributed by atoms with E-state index in [0.29, 0.717) is 37.4 Å². The molecule has 0 aliphatic carbocycles. The number of carbonyl (C=O) groups is 4. The summed E-state index contributed by atoms with van der Waals surface area (Å²) in [4.78, 5) is 52.5. The Bertz CT molecular complexity index is 1260. The van der Waals surface area contributed by atoms with Gasteiger partial charge in [-0.05, 0) is 56.0 Å². The number of ether oxygens (including phenoxy) is 2. The number of fused-ring (bicyclic) bond motifs is 2. The van der Waals surface area contributed by atoms with Crippen molar-refractivity contribution in [3.05, 3.63) is 64.2 Å². The van der Waals surface area contributed by atoms with Crippen molar-refractivity contribution in [2.45, 2.75) is 71.5 Å². The van der Waals surface area contributed by atoms with E-state index in [9.17, 15) is 19.2 Å². The van der Waals surface area contributed by atoms with Gasteiger partial charge in [-0.25, -0.2) is 4.79 Å². The van der Waals surface area contributed by atoms with E-state index >= 15 is 0 Å². The van der Waals surface area contributed by atoms with E-state index < -0.39 is 17.6 Å². The Balaban J connectivity index is 1.26. The molecule has 4 amide bonds. The van der Waals surface area contributed by atoms with Crippen LogP contribution in [-0.2, 0) is 40.6 Å². The van der Waals surface area contributed by atoms with Crippen molar-refractivity contribution in [3.8, 4) is 5.75 Å². The SMILES string of the molecule is CC(C)(C)OC(=O)N1Cc2ccc(COc3cccc4c3CN(C3CCC(=O)NC3=O)C4=O)cc2C1. The molecule has 2 aromatic rings. The molecule has 0 bridgehead atoms. The highest BCUT2D eigenvalue weighted by molar-refractivity contribution is 6.05. The molecule has 5 rings (SSSR count). The van der Waals surface area contributed by atoms with E-state index in [1.54, 1.807) is 17.0 Å². The lowest BCUT2D eigenvalue weighted by Gasteiger charge is -2.29. The quantitative estimate of drug-likeness (QED) is 0.658. The van der Waals surface area contributed by atoms with Crippen LogP contribution in [0.2, 0.25) is 0 Å². The zero-order chi connectivity index (χ0) is 25.6. The second-order valence-electron chi connectivity index (χ2n) is 10.4. The molecule has 0 radical (unpaired) electrons. The number of amides is 4. The summed E-state index contributed by atoms with van der Waals surface area (Å²) in [5.74, 6) is -0.391. The van der Waals surface area contributed by atoms with Gasteiger partial charge in [-0.1, -0.05) is 24.3 Å². The van der Waals surface area contributed by atoms with E-state index in [4.69, 9.17) is 9.47 Å². The molecule has 9 nitrogen and oxygen atoms in total. The van der Waals surface area contributed by atoms with Gasteiger partial charge in [0.25, 0.3) is 5.91 Å². The first-order chi connectivity index (χ1) is 17.1. The maximum absolute atomic E-state index is 13.0. The van der Waals surface area contributed by atoms with E-state index in [0.717, 1.165) is 22.3 Å². The predicted molar refractivity (Wildman–Crippen MR) is 129 cm³/mol. The third kappa shape index (κ3) is 4.65. The average molecular weight is 492 g/mol. The van der Waals surface area contributed by atoms with Crippen molar-refractivity contribution in [2.24, 2.45) is 0 Å². The monoisotopic (exact) mass is 491 g/mol. The fourth-order valence-corrected chi connectivity index (χ4v) is 4.85. The second kappa shape index (κ2) is 8.96. The summed E-state index contributed by atoms with van der Waals surface area (Å²) in [7, 11) is 0. The van der Waals surface area contributed by atoms with Gasteiger partial charge in [-0.15, -0.1) is 0 Å². The molecule has 36 heavy (non-hydrogen) atoms. The largest absolute Gasteiger partial charge is 0.489 e. The smallest absolute Gasteiger partial charge is 0.410 e. The van der Waals surface area contributed by atoms with Crippen LogP contribution in [0.3, 0.4) is 0 Å². The molecule has 0 spiro atoms. The van der Waals surface area contributed by atoms with Crippen molar-refractivity contribution in [1.29, 1.82) is 0 Å². The molecule has 3 aliphatic rings. The van der Waals surface area contributed by atoms with Crippen LogP contribution in [0.4, 0.5) is 4.79 Å². The minimum absolute atomic E-state index is 0.212. The van der Waals surface area contributed by atoms with E-state index in [1.807, 2.05) is 45.0 Å². The van der Waals surface area contributed by atoms with Crippen LogP contribution in [-0.4, -0.2) is 45.3 Å². The standard InChI is InChI=1S/C27H29N3O6/c1-27(2,3)36-26(34)29-12-17-8-7-16(11-18(17)13-29)15-35-22-6-4-5-19-20(22)14-30(25(19)33)21-9-10-23(31)28-24(21)32/h4-8,11,21H,9-10,12-15H2,1-3H3,(H,28,31,32). The van der Waals surface area contributed by atoms with Crippen LogP contribution < -0.4 is 10.1 Å². The van der Waals surface area contributed by atoms with Crippen LogP contribution in [0.15, 0.2) is 36.4 Å². The van der Waals surface area contributed by atoms with Gasteiger partial charge in [-0.2, -0.15) is 0 Å². The Hall–Kier alpha value is -3.88. The van der Waals surface area contributed by atoms with Crippen molar-refractivity contribution in [3.63, 3.8) is 0 Å². The minimum atomic E-state index is -0.667. The molecular weight excluding hydrogens is 462 g/mol. The van der Waals surface area contributed by atoms with Crippen LogP contribution in [0.25, 0.3) is 0 Å². The summed E-state index contributed by atoms with van der Waals surface area (Å²) in [5, 5.41) is 2.32. The molecule has 1 fully saturated rings. The number of hydrogen-bond acceptors (Lipinski definition) is 6. The van der Waals surface area contributed by atoms with Crippen molar-refractivity contribution < 1.29 is 28.7 Å². The first-order valence-electron chi connectivity index (χ1n) is 12.1. The summed E-state index contributed by atoms with van der Waals surface area (Å²) in [6.45, 7) is 7.09. The van der Waals surface area contributed by atoms with E-state index in [2.05, 4.69) is 5.32 Å². The fourth-order valence-electron chi connectivity index (χ4n) is 4.85. The highest BCUT2D eigenvalue weighted by Crippen LogP contribution is 2.34. The average Bonchev–Trinajstić information content (AvgIpc) is 3.38. The minimum Gasteiger partial charge on any atom is -0.489 e. The molecule has 1 saturated heterocycles. The molecule has 1 atom stereocenters. The summed E-state index contributed by atoms with van der Waals surface area (Å²) in [6.07, 6.45) is 0.196. The normalized spacial score (nSPS) is 19.2. The maximum atomic E-state index is 13.0. The van der Waals surface area contributed by atoms with Gasteiger partial charge in [0.1, 0.15) is 24.0 Å². The topological polar surface area (TPSA) is 105 Å². The van der Waals surface area contributed by atoms with E-state index in [-0.39, 0.29) is 30.9 Å². The maximum Gasteiger partial charge on any atom is 0.410 e. The number of carbonyl (C=O) groups excluding carboxylic acids is 4. The molecule has 3 heterocycles. The van der Waals surface area contributed by atoms with E-state index in [1.165, 1.54) is 4.90 Å². The second-order valence-corrected chi connectivity index (χ2v) is 10.4. The lowest BCUT2D eigenvalue weighted by molar-refractivity contribution is -0.136. The van der Waals surface area contributed by atoms with Crippen LogP contribution >= 0.6 is 0 Å². The molecular formula is C27H29N3O6. The summed E-state index contributed by atoms with van der Waals surface area (Å²) >= 11 is 0. The van der Waals surface area contributed by atoms with Gasteiger partial charge in [0.15, 0.2) is 0 Å². The van der Waals surface area contributed by atoms with Gasteiger partial charge in [0, 0.05) is 30.6 Å². The number of hydrogen-bond donors (Lipinski definition) is 1. The highest BCUT2D eigenvalue weighted by Gasteiger charge is 2.40. The van der Waals surface area contributed by atoms with Crippen LogP contribution in [0.5, 0.6) is 5.75 Å². The van der Waals surface area contributed by atoms with Crippen molar-refractivity contribution in [1.82, 2.24) is 15.1 Å². The number of benzene rings is 2. The summed E-state index contributed by atoms with van der Waals surface area (Å²) < 4.78 is 11.6. The Labute approximate surface area is 209 Å². The van der Waals surface area contributed by atoms with Crippen molar-refractivity contribution in [2.75, 3.05) is 0 Å². The Kier molecular flexibility index (Phi) is 5.94. The van der Waals surface area contributed by atoms with Gasteiger partial charge in [0.05, 0.1) is 6.54 Å². The fraction of sp³-hybridized carbons (Fsp3) is 0.407. The van der Waals surface area contributed by atoms with Crippen LogP contribution in [0.1, 0.15) is 66.2 Å². The summed E-state index contributed by atoms with van der Waals surface area (Å²) in [6, 6.07) is 10.7. The third-order valence-corrected chi connectivity index (χ3v) is 6.58. The Morgan fingerprint density at radius 1 is 1.06 bits per heavy atom. The van der Waals surface area contributed by atoms with Gasteiger partial charge >= 0.3 is 6.09 Å². The van der Waals surface area contributed by atoms with Gasteiger partial charge < -0.3 is 14.4 Å². The zero-order valence-corrected chi connectivity index (χ0v) is 20.6. The first kappa shape index (κ1) is 23.8. The molecule has 188 valence electrons. The lowest BCUT2D eigenvalue weighted by atomic mass is 10.0. The molecule has 2 aromatic carbocycles. The van der Waals surface area contributed by atoms with Gasteiger partial charge in [0.2, 0.25) is 11.8 Å². The predicted octanol–water partition coefficient (Wildman–Crippen LogP) is 3.28. The number of piperidine rings is 1. The van der Waals surface area contributed by atoms with Crippen molar-refractivity contribution >= 4 is 23.8 Å². The molecule has 1 unspecified atom stereocenters. The van der Waals surface area contributed by atoms with Crippen LogP contribution in [0, 0.1) is 0 Å². The molecule has 9 heteroatoms. The first-order valence-corrected chi connectivity index (χ1v) is 12.1. The summed E-state index contributed by atoms with van der Waals surface area (Å²) in [5.41, 5.74) is 3.79. The number of nitrogens with one attached hydrogen (secondary N) is 1. The molecule has 1 N–H and O–H groups in total. The Morgan fingerprint density at radius 2 is 1.83 bits per heavy atom. The third-order valence-electron chi connectivity index (χ3n) is 6.58. The lowest BCUT2D eigenvalue weighted by Crippen LogP contribution is -2.52. The molecule has 0 aromatic heterocycles.